The quantitative estimate of drug-likeness (QED) is 0.880. The molecule has 1 saturated heterocycles. The van der Waals surface area contributed by atoms with Crippen molar-refractivity contribution in [1.82, 2.24) is 4.98 Å². The van der Waals surface area contributed by atoms with Crippen molar-refractivity contribution in [3.8, 4) is 0 Å². The Kier molecular flexibility index (Phi) is 4.16. The van der Waals surface area contributed by atoms with Gasteiger partial charge in [0.25, 0.3) is 0 Å². The van der Waals surface area contributed by atoms with Gasteiger partial charge in [-0.3, -0.25) is 4.98 Å². The number of pyridine rings is 1. The predicted molar refractivity (Wildman–Crippen MR) is 74.1 cm³/mol. The van der Waals surface area contributed by atoms with Gasteiger partial charge in [0, 0.05) is 40.4 Å². The molecule has 2 N–H and O–H groups in total. The second-order valence-electron chi connectivity index (χ2n) is 4.23. The Bertz CT molecular complexity index is 357. The summed E-state index contributed by atoms with van der Waals surface area (Å²) in [5.74, 6) is 2.47. The van der Waals surface area contributed by atoms with Crippen molar-refractivity contribution < 1.29 is 0 Å². The van der Waals surface area contributed by atoms with Crippen LogP contribution in [0.5, 0.6) is 0 Å². The van der Waals surface area contributed by atoms with E-state index in [2.05, 4.69) is 24.9 Å². The lowest BCUT2D eigenvalue weighted by Gasteiger charge is -2.32. The minimum atomic E-state index is 0.111. The molecule has 0 bridgehead atoms. The van der Waals surface area contributed by atoms with Crippen LogP contribution in [0.15, 0.2) is 18.5 Å². The number of aromatic nitrogens is 1. The molecule has 0 spiro atoms. The molecule has 16 heavy (non-hydrogen) atoms. The maximum Gasteiger partial charge on any atom is 0.0441 e. The van der Waals surface area contributed by atoms with Crippen molar-refractivity contribution in [1.29, 1.82) is 0 Å². The zero-order valence-corrected chi connectivity index (χ0v) is 11.4. The number of aryl methyl sites for hydroxylation is 1. The normalized spacial score (nSPS) is 27.7. The van der Waals surface area contributed by atoms with Gasteiger partial charge < -0.3 is 5.73 Å². The molecule has 1 aliphatic heterocycles. The maximum absolute atomic E-state index is 6.35. The second kappa shape index (κ2) is 5.43. The first kappa shape index (κ1) is 12.3. The molecule has 0 aromatic carbocycles. The number of rotatable bonds is 2. The monoisotopic (exact) mass is 254 g/mol. The lowest BCUT2D eigenvalue weighted by molar-refractivity contribution is 0.660. The van der Waals surface area contributed by atoms with Crippen molar-refractivity contribution in [3.63, 3.8) is 0 Å². The number of thioether (sulfide) groups is 2. The maximum atomic E-state index is 6.35. The van der Waals surface area contributed by atoms with Gasteiger partial charge >= 0.3 is 0 Å². The van der Waals surface area contributed by atoms with Gasteiger partial charge in [-0.15, -0.1) is 0 Å². The molecular weight excluding hydrogens is 236 g/mol. The molecule has 2 rings (SSSR count). The van der Waals surface area contributed by atoms with Crippen LogP contribution in [0.2, 0.25) is 0 Å². The van der Waals surface area contributed by atoms with Crippen LogP contribution in [-0.4, -0.2) is 27.0 Å². The molecule has 2 nitrogen and oxygen atoms in total. The molecule has 1 fully saturated rings. The van der Waals surface area contributed by atoms with Gasteiger partial charge in [0.05, 0.1) is 0 Å². The van der Waals surface area contributed by atoms with Gasteiger partial charge in [-0.2, -0.15) is 23.5 Å². The fourth-order valence-electron chi connectivity index (χ4n) is 1.99. The first-order valence-electron chi connectivity index (χ1n) is 5.59. The summed E-state index contributed by atoms with van der Waals surface area (Å²) in [5, 5.41) is 1.15. The lowest BCUT2D eigenvalue weighted by Crippen LogP contribution is -2.34. The molecule has 4 heteroatoms. The average Bonchev–Trinajstić information content (AvgIpc) is 2.29. The highest BCUT2D eigenvalue weighted by molar-refractivity contribution is 8.07. The van der Waals surface area contributed by atoms with Crippen molar-refractivity contribution in [2.45, 2.75) is 30.4 Å². The minimum absolute atomic E-state index is 0.111. The van der Waals surface area contributed by atoms with Gasteiger partial charge in [0.15, 0.2) is 0 Å². The summed E-state index contributed by atoms with van der Waals surface area (Å²) in [4.78, 5) is 4.23. The Morgan fingerprint density at radius 3 is 2.81 bits per heavy atom. The standard InChI is InChI=1S/C12H18N2S2/c1-8-5-10(7-14-6-8)11(13)12-9(2)15-3-4-16-12/h5-7,9,11-12H,3-4,13H2,1-2H3. The van der Waals surface area contributed by atoms with E-state index in [0.29, 0.717) is 10.5 Å². The van der Waals surface area contributed by atoms with Gasteiger partial charge in [-0.25, -0.2) is 0 Å². The fourth-order valence-corrected chi connectivity index (χ4v) is 4.87. The summed E-state index contributed by atoms with van der Waals surface area (Å²) in [6, 6.07) is 2.27. The predicted octanol–water partition coefficient (Wildman–Crippen LogP) is 2.63. The van der Waals surface area contributed by atoms with Gasteiger partial charge in [-0.1, -0.05) is 13.0 Å². The zero-order valence-electron chi connectivity index (χ0n) is 9.72. The van der Waals surface area contributed by atoms with Crippen LogP contribution < -0.4 is 5.73 Å². The van der Waals surface area contributed by atoms with Crippen LogP contribution in [0.25, 0.3) is 0 Å². The second-order valence-corrected chi connectivity index (χ2v) is 7.00. The van der Waals surface area contributed by atoms with E-state index in [1.165, 1.54) is 22.6 Å². The van der Waals surface area contributed by atoms with Crippen LogP contribution in [0.4, 0.5) is 0 Å². The van der Waals surface area contributed by atoms with E-state index in [0.717, 1.165) is 0 Å². The van der Waals surface area contributed by atoms with Crippen molar-refractivity contribution in [2.24, 2.45) is 5.73 Å². The highest BCUT2D eigenvalue weighted by Gasteiger charge is 2.29. The molecule has 0 amide bonds. The molecule has 88 valence electrons. The minimum Gasteiger partial charge on any atom is -0.323 e. The largest absolute Gasteiger partial charge is 0.323 e. The van der Waals surface area contributed by atoms with E-state index in [4.69, 9.17) is 5.73 Å². The van der Waals surface area contributed by atoms with Gasteiger partial charge in [-0.05, 0) is 18.1 Å². The van der Waals surface area contributed by atoms with E-state index < -0.39 is 0 Å². The SMILES string of the molecule is Cc1cncc(C(N)C2SCCSC2C)c1. The van der Waals surface area contributed by atoms with E-state index >= 15 is 0 Å². The van der Waals surface area contributed by atoms with E-state index in [1.807, 2.05) is 35.9 Å². The molecule has 1 aromatic rings. The Labute approximate surface area is 106 Å². The lowest BCUT2D eigenvalue weighted by atomic mass is 10.0. The topological polar surface area (TPSA) is 38.9 Å². The summed E-state index contributed by atoms with van der Waals surface area (Å²) in [7, 11) is 0. The number of nitrogens with zero attached hydrogens (tertiary/aromatic N) is 1. The third-order valence-electron chi connectivity index (χ3n) is 2.87. The first-order valence-corrected chi connectivity index (χ1v) is 7.68. The third-order valence-corrected chi connectivity index (χ3v) is 6.09. The van der Waals surface area contributed by atoms with Gasteiger partial charge in [0.2, 0.25) is 0 Å². The summed E-state index contributed by atoms with van der Waals surface area (Å²) >= 11 is 4.04. The highest BCUT2D eigenvalue weighted by atomic mass is 32.2. The molecule has 1 aliphatic rings. The van der Waals surface area contributed by atoms with Crippen LogP contribution >= 0.6 is 23.5 Å². The molecule has 0 aliphatic carbocycles. The first-order chi connectivity index (χ1) is 7.68. The van der Waals surface area contributed by atoms with Gasteiger partial charge in [0.1, 0.15) is 0 Å². The Balaban J connectivity index is 2.14. The summed E-state index contributed by atoms with van der Waals surface area (Å²) in [5.41, 5.74) is 8.72. The summed E-state index contributed by atoms with van der Waals surface area (Å²) < 4.78 is 0. The Morgan fingerprint density at radius 2 is 2.12 bits per heavy atom. The van der Waals surface area contributed by atoms with Crippen molar-refractivity contribution in [3.05, 3.63) is 29.6 Å². The molecule has 2 heterocycles. The number of hydrogen-bond donors (Lipinski definition) is 1. The average molecular weight is 254 g/mol. The van der Waals surface area contributed by atoms with E-state index in [-0.39, 0.29) is 6.04 Å². The number of hydrogen-bond acceptors (Lipinski definition) is 4. The summed E-state index contributed by atoms with van der Waals surface area (Å²) in [6.07, 6.45) is 3.78. The van der Waals surface area contributed by atoms with Crippen LogP contribution in [-0.2, 0) is 0 Å². The highest BCUT2D eigenvalue weighted by Crippen LogP contribution is 2.37. The third kappa shape index (κ3) is 2.73. The fraction of sp³-hybridized carbons (Fsp3) is 0.583. The molecule has 1 aromatic heterocycles. The summed E-state index contributed by atoms with van der Waals surface area (Å²) in [6.45, 7) is 4.35. The molecule has 3 atom stereocenters. The Morgan fingerprint density at radius 1 is 1.38 bits per heavy atom. The molecule has 3 unspecified atom stereocenters. The molecule has 0 saturated carbocycles. The van der Waals surface area contributed by atoms with Crippen LogP contribution in [0, 0.1) is 6.92 Å². The molecular formula is C12H18N2S2. The van der Waals surface area contributed by atoms with E-state index in [9.17, 15) is 0 Å². The number of nitrogens with two attached hydrogens (primary N) is 1. The smallest absolute Gasteiger partial charge is 0.0441 e. The molecule has 0 radical (unpaired) electrons. The Hall–Kier alpha value is -0.190. The van der Waals surface area contributed by atoms with Crippen molar-refractivity contribution in [2.75, 3.05) is 11.5 Å². The zero-order chi connectivity index (χ0) is 11.5. The van der Waals surface area contributed by atoms with Crippen LogP contribution in [0.1, 0.15) is 24.1 Å². The van der Waals surface area contributed by atoms with E-state index in [1.54, 1.807) is 0 Å². The van der Waals surface area contributed by atoms with Crippen molar-refractivity contribution >= 4 is 23.5 Å². The van der Waals surface area contributed by atoms with Crippen LogP contribution in [0.3, 0.4) is 0 Å².